The van der Waals surface area contributed by atoms with Gasteiger partial charge in [-0.25, -0.2) is 0 Å². The number of rotatable bonds is 3. The summed E-state index contributed by atoms with van der Waals surface area (Å²) >= 11 is 0. The lowest BCUT2D eigenvalue weighted by Crippen LogP contribution is -2.35. The Morgan fingerprint density at radius 1 is 1.33 bits per heavy atom. The molecule has 1 fully saturated rings. The fourth-order valence-corrected chi connectivity index (χ4v) is 2.66. The SMILES string of the molecule is CCOC(C)(C)[C@H]1CCCC1C. The molecule has 1 rings (SSSR count). The predicted molar refractivity (Wildman–Crippen MR) is 52.2 cm³/mol. The van der Waals surface area contributed by atoms with Crippen molar-refractivity contribution in [2.45, 2.75) is 52.6 Å². The van der Waals surface area contributed by atoms with Crippen LogP contribution in [-0.2, 0) is 4.74 Å². The van der Waals surface area contributed by atoms with E-state index in [1.807, 2.05) is 0 Å². The van der Waals surface area contributed by atoms with Crippen molar-refractivity contribution in [3.05, 3.63) is 0 Å². The van der Waals surface area contributed by atoms with Gasteiger partial charge in [-0.05, 0) is 39.0 Å². The molecule has 0 radical (unpaired) electrons. The second-order valence-corrected chi connectivity index (χ2v) is 4.55. The lowest BCUT2D eigenvalue weighted by molar-refractivity contribution is -0.0635. The van der Waals surface area contributed by atoms with Gasteiger partial charge in [0, 0.05) is 6.61 Å². The summed E-state index contributed by atoms with van der Waals surface area (Å²) in [5.41, 5.74) is 0.102. The zero-order chi connectivity index (χ0) is 9.19. The van der Waals surface area contributed by atoms with Crippen molar-refractivity contribution in [3.63, 3.8) is 0 Å². The molecule has 0 amide bonds. The van der Waals surface area contributed by atoms with Gasteiger partial charge < -0.3 is 4.74 Å². The molecule has 0 aromatic carbocycles. The van der Waals surface area contributed by atoms with Crippen molar-refractivity contribution in [2.24, 2.45) is 11.8 Å². The predicted octanol–water partition coefficient (Wildman–Crippen LogP) is 3.24. The van der Waals surface area contributed by atoms with Gasteiger partial charge >= 0.3 is 0 Å². The quantitative estimate of drug-likeness (QED) is 0.632. The first-order valence-electron chi connectivity index (χ1n) is 5.22. The van der Waals surface area contributed by atoms with E-state index in [0.717, 1.165) is 18.4 Å². The highest BCUT2D eigenvalue weighted by atomic mass is 16.5. The molecular formula is C11H22O. The Labute approximate surface area is 76.5 Å². The van der Waals surface area contributed by atoms with Crippen LogP contribution in [-0.4, -0.2) is 12.2 Å². The third-order valence-electron chi connectivity index (χ3n) is 3.27. The second-order valence-electron chi connectivity index (χ2n) is 4.55. The molecule has 0 bridgehead atoms. The Hall–Kier alpha value is -0.0400. The van der Waals surface area contributed by atoms with Crippen LogP contribution in [0, 0.1) is 11.8 Å². The topological polar surface area (TPSA) is 9.23 Å². The molecule has 0 saturated heterocycles. The van der Waals surface area contributed by atoms with Gasteiger partial charge in [0.15, 0.2) is 0 Å². The van der Waals surface area contributed by atoms with Gasteiger partial charge in [-0.2, -0.15) is 0 Å². The Bertz CT molecular complexity index is 140. The van der Waals surface area contributed by atoms with Gasteiger partial charge in [0.25, 0.3) is 0 Å². The highest BCUT2D eigenvalue weighted by molar-refractivity contribution is 4.87. The maximum absolute atomic E-state index is 5.78. The Balaban J connectivity index is 2.54. The minimum atomic E-state index is 0.102. The molecule has 0 aromatic heterocycles. The van der Waals surface area contributed by atoms with E-state index >= 15 is 0 Å². The average molecular weight is 170 g/mol. The summed E-state index contributed by atoms with van der Waals surface area (Å²) in [6, 6.07) is 0. The summed E-state index contributed by atoms with van der Waals surface area (Å²) in [5.74, 6) is 1.63. The van der Waals surface area contributed by atoms with Crippen LogP contribution in [0.25, 0.3) is 0 Å². The third kappa shape index (κ3) is 2.01. The summed E-state index contributed by atoms with van der Waals surface area (Å²) in [6.45, 7) is 9.77. The molecule has 1 aliphatic carbocycles. The summed E-state index contributed by atoms with van der Waals surface area (Å²) in [4.78, 5) is 0. The lowest BCUT2D eigenvalue weighted by Gasteiger charge is -2.34. The fourth-order valence-electron chi connectivity index (χ4n) is 2.66. The van der Waals surface area contributed by atoms with Crippen LogP contribution < -0.4 is 0 Å². The van der Waals surface area contributed by atoms with Gasteiger partial charge in [-0.3, -0.25) is 0 Å². The van der Waals surface area contributed by atoms with Crippen LogP contribution in [0.15, 0.2) is 0 Å². The summed E-state index contributed by atoms with van der Waals surface area (Å²) in [6.07, 6.45) is 4.14. The Morgan fingerprint density at radius 3 is 2.42 bits per heavy atom. The Kier molecular flexibility index (Phi) is 3.16. The van der Waals surface area contributed by atoms with Crippen molar-refractivity contribution in [1.82, 2.24) is 0 Å². The molecule has 72 valence electrons. The molecule has 2 atom stereocenters. The second kappa shape index (κ2) is 3.78. The molecule has 1 unspecified atom stereocenters. The zero-order valence-corrected chi connectivity index (χ0v) is 8.89. The normalized spacial score (nSPS) is 31.0. The molecule has 0 heterocycles. The fraction of sp³-hybridized carbons (Fsp3) is 1.00. The third-order valence-corrected chi connectivity index (χ3v) is 3.27. The molecule has 12 heavy (non-hydrogen) atoms. The van der Waals surface area contributed by atoms with Crippen LogP contribution in [0.5, 0.6) is 0 Å². The van der Waals surface area contributed by atoms with E-state index in [-0.39, 0.29) is 5.60 Å². The van der Waals surface area contributed by atoms with E-state index in [2.05, 4.69) is 27.7 Å². The highest BCUT2D eigenvalue weighted by Gasteiger charge is 2.36. The van der Waals surface area contributed by atoms with Crippen LogP contribution >= 0.6 is 0 Å². The zero-order valence-electron chi connectivity index (χ0n) is 8.89. The summed E-state index contributed by atoms with van der Waals surface area (Å²) in [7, 11) is 0. The molecule has 1 nitrogen and oxygen atoms in total. The smallest absolute Gasteiger partial charge is 0.0656 e. The van der Waals surface area contributed by atoms with Crippen LogP contribution in [0.1, 0.15) is 47.0 Å². The van der Waals surface area contributed by atoms with Crippen molar-refractivity contribution < 1.29 is 4.74 Å². The lowest BCUT2D eigenvalue weighted by atomic mass is 9.83. The van der Waals surface area contributed by atoms with Gasteiger partial charge in [-0.15, -0.1) is 0 Å². The molecule has 1 heteroatoms. The van der Waals surface area contributed by atoms with E-state index < -0.39 is 0 Å². The van der Waals surface area contributed by atoms with Gasteiger partial charge in [-0.1, -0.05) is 19.8 Å². The molecule has 0 aromatic rings. The first kappa shape index (κ1) is 10.0. The van der Waals surface area contributed by atoms with E-state index in [4.69, 9.17) is 4.74 Å². The first-order chi connectivity index (χ1) is 5.58. The van der Waals surface area contributed by atoms with E-state index in [1.54, 1.807) is 0 Å². The van der Waals surface area contributed by atoms with Crippen molar-refractivity contribution in [3.8, 4) is 0 Å². The molecule has 0 aliphatic heterocycles. The van der Waals surface area contributed by atoms with Crippen molar-refractivity contribution in [1.29, 1.82) is 0 Å². The molecule has 0 N–H and O–H groups in total. The molecule has 0 spiro atoms. The monoisotopic (exact) mass is 170 g/mol. The van der Waals surface area contributed by atoms with Crippen molar-refractivity contribution >= 4 is 0 Å². The van der Waals surface area contributed by atoms with Gasteiger partial charge in [0.1, 0.15) is 0 Å². The highest BCUT2D eigenvalue weighted by Crippen LogP contribution is 2.40. The minimum absolute atomic E-state index is 0.102. The summed E-state index contributed by atoms with van der Waals surface area (Å²) < 4.78 is 5.78. The molecule has 1 saturated carbocycles. The van der Waals surface area contributed by atoms with E-state index in [0.29, 0.717) is 0 Å². The molecular weight excluding hydrogens is 148 g/mol. The standard InChI is InChI=1S/C11H22O/c1-5-12-11(3,4)10-8-6-7-9(10)2/h9-10H,5-8H2,1-4H3/t9?,10-/m0/s1. The Morgan fingerprint density at radius 2 is 2.00 bits per heavy atom. The number of ether oxygens (including phenoxy) is 1. The van der Waals surface area contributed by atoms with Gasteiger partial charge in [0.05, 0.1) is 5.60 Å². The summed E-state index contributed by atoms with van der Waals surface area (Å²) in [5, 5.41) is 0. The van der Waals surface area contributed by atoms with Crippen molar-refractivity contribution in [2.75, 3.05) is 6.61 Å². The number of hydrogen-bond acceptors (Lipinski definition) is 1. The maximum atomic E-state index is 5.78. The van der Waals surface area contributed by atoms with E-state index in [1.165, 1.54) is 19.3 Å². The molecule has 1 aliphatic rings. The van der Waals surface area contributed by atoms with E-state index in [9.17, 15) is 0 Å². The van der Waals surface area contributed by atoms with Gasteiger partial charge in [0.2, 0.25) is 0 Å². The largest absolute Gasteiger partial charge is 0.376 e. The average Bonchev–Trinajstić information content (AvgIpc) is 2.35. The minimum Gasteiger partial charge on any atom is -0.376 e. The first-order valence-corrected chi connectivity index (χ1v) is 5.22. The maximum Gasteiger partial charge on any atom is 0.0656 e. The van der Waals surface area contributed by atoms with Crippen LogP contribution in [0.3, 0.4) is 0 Å². The number of hydrogen-bond donors (Lipinski definition) is 0. The van der Waals surface area contributed by atoms with Crippen LogP contribution in [0.4, 0.5) is 0 Å². The van der Waals surface area contributed by atoms with Crippen LogP contribution in [0.2, 0.25) is 0 Å².